The Kier molecular flexibility index (Phi) is 5.30. The summed E-state index contributed by atoms with van der Waals surface area (Å²) in [5.74, 6) is -1.75. The summed E-state index contributed by atoms with van der Waals surface area (Å²) in [4.78, 5) is 21.5. The van der Waals surface area contributed by atoms with Crippen LogP contribution in [0.5, 0.6) is 0 Å². The normalized spacial score (nSPS) is 11.9. The molecule has 0 fully saturated rings. The van der Waals surface area contributed by atoms with E-state index in [-0.39, 0.29) is 6.42 Å². The van der Waals surface area contributed by atoms with E-state index in [0.717, 1.165) is 16.7 Å². The van der Waals surface area contributed by atoms with Gasteiger partial charge in [-0.3, -0.25) is 4.79 Å². The van der Waals surface area contributed by atoms with Crippen LogP contribution in [0.1, 0.15) is 31.4 Å². The van der Waals surface area contributed by atoms with E-state index in [1.165, 1.54) is 0 Å². The van der Waals surface area contributed by atoms with Gasteiger partial charge in [0.25, 0.3) is 0 Å². The first-order valence-electron chi connectivity index (χ1n) is 6.10. The summed E-state index contributed by atoms with van der Waals surface area (Å²) in [6, 6.07) is 7.55. The molecule has 0 aliphatic rings. The average molecular weight is 262 g/mol. The molecule has 0 bridgehead atoms. The molecule has 102 valence electrons. The van der Waals surface area contributed by atoms with Gasteiger partial charge in [0.2, 0.25) is 0 Å². The molecule has 0 spiro atoms. The van der Waals surface area contributed by atoms with E-state index in [2.05, 4.69) is 0 Å². The highest BCUT2D eigenvalue weighted by atomic mass is 16.4. The molecular weight excluding hydrogens is 244 g/mol. The maximum atomic E-state index is 10.9. The van der Waals surface area contributed by atoms with E-state index in [1.807, 2.05) is 24.3 Å². The Morgan fingerprint density at radius 3 is 2.16 bits per heavy atom. The Morgan fingerprint density at radius 2 is 1.63 bits per heavy atom. The van der Waals surface area contributed by atoms with Crippen LogP contribution in [0.3, 0.4) is 0 Å². The highest BCUT2D eigenvalue weighted by molar-refractivity contribution is 5.86. The molecule has 4 nitrogen and oxygen atoms in total. The van der Waals surface area contributed by atoms with Gasteiger partial charge in [-0.1, -0.05) is 29.8 Å². The maximum Gasteiger partial charge on any atom is 0.331 e. The second-order valence-electron chi connectivity index (χ2n) is 4.55. The number of hydrogen-bond acceptors (Lipinski definition) is 2. The molecule has 0 atom stereocenters. The molecule has 1 aromatic rings. The van der Waals surface area contributed by atoms with Gasteiger partial charge < -0.3 is 10.2 Å². The Hall–Kier alpha value is -2.10. The second-order valence-corrected chi connectivity index (χ2v) is 4.55. The summed E-state index contributed by atoms with van der Waals surface area (Å²) in [7, 11) is 0. The van der Waals surface area contributed by atoms with Crippen LogP contribution >= 0.6 is 0 Å². The summed E-state index contributed by atoms with van der Waals surface area (Å²) in [6.07, 6.45) is 1.08. The third kappa shape index (κ3) is 4.58. The lowest BCUT2D eigenvalue weighted by molar-refractivity contribution is -0.137. The summed E-state index contributed by atoms with van der Waals surface area (Å²) in [5, 5.41) is 17.7. The predicted molar refractivity (Wildman–Crippen MR) is 72.1 cm³/mol. The standard InChI is InChI=1S/C15H18O4/c1-10(11(2)15(18)19)9-13-6-4-3-5-12(13)7-8-14(16)17/h3-6H,7-9H2,1-2H3,(H,16,17)(H,18,19)/b11-10-. The summed E-state index contributed by atoms with van der Waals surface area (Å²) in [5.41, 5.74) is 3.08. The largest absolute Gasteiger partial charge is 0.481 e. The van der Waals surface area contributed by atoms with Gasteiger partial charge in [0.15, 0.2) is 0 Å². The van der Waals surface area contributed by atoms with Crippen molar-refractivity contribution in [3.63, 3.8) is 0 Å². The maximum absolute atomic E-state index is 10.9. The monoisotopic (exact) mass is 262 g/mol. The van der Waals surface area contributed by atoms with Crippen LogP contribution in [-0.2, 0) is 22.4 Å². The molecule has 0 aromatic heterocycles. The zero-order chi connectivity index (χ0) is 14.4. The minimum absolute atomic E-state index is 0.0810. The van der Waals surface area contributed by atoms with Crippen LogP contribution < -0.4 is 0 Å². The van der Waals surface area contributed by atoms with Crippen LogP contribution in [0.2, 0.25) is 0 Å². The van der Waals surface area contributed by atoms with Crippen molar-refractivity contribution in [2.45, 2.75) is 33.1 Å². The molecule has 0 saturated carbocycles. The Morgan fingerprint density at radius 1 is 1.05 bits per heavy atom. The van der Waals surface area contributed by atoms with Crippen LogP contribution in [0.15, 0.2) is 35.4 Å². The van der Waals surface area contributed by atoms with Crippen molar-refractivity contribution >= 4 is 11.9 Å². The molecule has 0 amide bonds. The zero-order valence-electron chi connectivity index (χ0n) is 11.1. The molecule has 0 aliphatic heterocycles. The molecular formula is C15H18O4. The van der Waals surface area contributed by atoms with Crippen LogP contribution in [-0.4, -0.2) is 22.2 Å². The van der Waals surface area contributed by atoms with Crippen molar-refractivity contribution in [1.29, 1.82) is 0 Å². The number of carboxylic acids is 2. The van der Waals surface area contributed by atoms with Crippen molar-refractivity contribution in [1.82, 2.24) is 0 Å². The van der Waals surface area contributed by atoms with E-state index in [4.69, 9.17) is 10.2 Å². The molecule has 19 heavy (non-hydrogen) atoms. The van der Waals surface area contributed by atoms with Gasteiger partial charge in [-0.25, -0.2) is 4.79 Å². The predicted octanol–water partition coefficient (Wildman–Crippen LogP) is 2.67. The van der Waals surface area contributed by atoms with Gasteiger partial charge in [0.1, 0.15) is 0 Å². The first kappa shape index (κ1) is 15.0. The number of carboxylic acid groups (broad SMARTS) is 2. The minimum atomic E-state index is -0.916. The van der Waals surface area contributed by atoms with E-state index in [1.54, 1.807) is 13.8 Å². The van der Waals surface area contributed by atoms with E-state index < -0.39 is 11.9 Å². The summed E-state index contributed by atoms with van der Waals surface area (Å²) in [6.45, 7) is 3.37. The fraction of sp³-hybridized carbons (Fsp3) is 0.333. The Bertz CT molecular complexity index is 515. The fourth-order valence-corrected chi connectivity index (χ4v) is 1.82. The molecule has 0 aliphatic carbocycles. The topological polar surface area (TPSA) is 74.6 Å². The lowest BCUT2D eigenvalue weighted by Gasteiger charge is -2.10. The number of aryl methyl sites for hydroxylation is 1. The Balaban J connectivity index is 2.92. The van der Waals surface area contributed by atoms with Gasteiger partial charge in [-0.2, -0.15) is 0 Å². The number of hydrogen-bond donors (Lipinski definition) is 2. The van der Waals surface area contributed by atoms with Crippen molar-refractivity contribution in [2.75, 3.05) is 0 Å². The second kappa shape index (κ2) is 6.73. The summed E-state index contributed by atoms with van der Waals surface area (Å²) < 4.78 is 0. The number of carbonyl (C=O) groups is 2. The number of benzene rings is 1. The van der Waals surface area contributed by atoms with Crippen LogP contribution in [0, 0.1) is 0 Å². The highest BCUT2D eigenvalue weighted by Gasteiger charge is 2.09. The SMILES string of the molecule is C/C(Cc1ccccc1CCC(=O)O)=C(\C)C(=O)O. The smallest absolute Gasteiger partial charge is 0.331 e. The van der Waals surface area contributed by atoms with Gasteiger partial charge in [-0.05, 0) is 37.8 Å². The molecule has 2 N–H and O–H groups in total. The van der Waals surface area contributed by atoms with Crippen molar-refractivity contribution in [3.8, 4) is 0 Å². The number of allylic oxidation sites excluding steroid dienone is 1. The number of aliphatic carboxylic acids is 2. The average Bonchev–Trinajstić information content (AvgIpc) is 2.36. The highest BCUT2D eigenvalue weighted by Crippen LogP contribution is 2.17. The summed E-state index contributed by atoms with van der Waals surface area (Å²) >= 11 is 0. The third-order valence-corrected chi connectivity index (χ3v) is 3.14. The first-order valence-corrected chi connectivity index (χ1v) is 6.10. The van der Waals surface area contributed by atoms with Gasteiger partial charge in [-0.15, -0.1) is 0 Å². The molecule has 0 saturated heterocycles. The van der Waals surface area contributed by atoms with Crippen LogP contribution in [0.25, 0.3) is 0 Å². The molecule has 0 radical (unpaired) electrons. The minimum Gasteiger partial charge on any atom is -0.481 e. The van der Waals surface area contributed by atoms with Crippen molar-refractivity contribution < 1.29 is 19.8 Å². The molecule has 1 aromatic carbocycles. The van der Waals surface area contributed by atoms with E-state index >= 15 is 0 Å². The lowest BCUT2D eigenvalue weighted by atomic mass is 9.95. The van der Waals surface area contributed by atoms with Gasteiger partial charge in [0, 0.05) is 12.0 Å². The van der Waals surface area contributed by atoms with E-state index in [0.29, 0.717) is 18.4 Å². The molecule has 4 heteroatoms. The van der Waals surface area contributed by atoms with Gasteiger partial charge in [0.05, 0.1) is 0 Å². The van der Waals surface area contributed by atoms with Crippen LogP contribution in [0.4, 0.5) is 0 Å². The quantitative estimate of drug-likeness (QED) is 0.773. The zero-order valence-corrected chi connectivity index (χ0v) is 11.1. The first-order chi connectivity index (χ1) is 8.91. The molecule has 0 heterocycles. The van der Waals surface area contributed by atoms with Crippen molar-refractivity contribution in [2.24, 2.45) is 0 Å². The third-order valence-electron chi connectivity index (χ3n) is 3.14. The van der Waals surface area contributed by atoms with Gasteiger partial charge >= 0.3 is 11.9 Å². The molecule has 1 rings (SSSR count). The lowest BCUT2D eigenvalue weighted by Crippen LogP contribution is -2.04. The van der Waals surface area contributed by atoms with Crippen molar-refractivity contribution in [3.05, 3.63) is 46.5 Å². The molecule has 0 unspecified atom stereocenters. The Labute approximate surface area is 112 Å². The van der Waals surface area contributed by atoms with E-state index in [9.17, 15) is 9.59 Å². The number of rotatable bonds is 6. The fourth-order valence-electron chi connectivity index (χ4n) is 1.82.